The van der Waals surface area contributed by atoms with E-state index in [0.717, 1.165) is 0 Å². The van der Waals surface area contributed by atoms with Gasteiger partial charge < -0.3 is 10.1 Å². The lowest BCUT2D eigenvalue weighted by Crippen LogP contribution is -2.42. The lowest BCUT2D eigenvalue weighted by atomic mass is 10.1. The van der Waals surface area contributed by atoms with E-state index in [2.05, 4.69) is 11.2 Å². The molecule has 2 aromatic rings. The molecule has 0 unspecified atom stereocenters. The molecule has 2 aromatic carbocycles. The molecule has 112 valence electrons. The summed E-state index contributed by atoms with van der Waals surface area (Å²) in [6, 6.07) is 13.9. The zero-order valence-corrected chi connectivity index (χ0v) is 13.1. The second-order valence-electron chi connectivity index (χ2n) is 5.25. The molecule has 3 nitrogen and oxygen atoms in total. The standard InChI is InChI=1S/C18H16ClNO2/c1-4-13-6-5-7-15(12-13)20-17(21)18(2,3)22-16-10-8-14(19)9-11-16/h1,5-12H,2-3H3,(H,20,21). The summed E-state index contributed by atoms with van der Waals surface area (Å²) in [5.74, 6) is 2.83. The number of nitrogens with one attached hydrogen (secondary N) is 1. The SMILES string of the molecule is C#Cc1cccc(NC(=O)C(C)(C)Oc2ccc(Cl)cc2)c1. The minimum atomic E-state index is -1.04. The lowest BCUT2D eigenvalue weighted by molar-refractivity contribution is -0.128. The maximum atomic E-state index is 12.4. The van der Waals surface area contributed by atoms with Crippen LogP contribution in [0.3, 0.4) is 0 Å². The van der Waals surface area contributed by atoms with Gasteiger partial charge in [-0.1, -0.05) is 23.6 Å². The van der Waals surface area contributed by atoms with Crippen molar-refractivity contribution in [3.63, 3.8) is 0 Å². The fourth-order valence-electron chi connectivity index (χ4n) is 1.81. The first kappa shape index (κ1) is 15.9. The molecule has 4 heteroatoms. The van der Waals surface area contributed by atoms with Crippen LogP contribution in [0.5, 0.6) is 5.75 Å². The zero-order valence-electron chi connectivity index (χ0n) is 12.4. The van der Waals surface area contributed by atoms with Gasteiger partial charge in [0.2, 0.25) is 0 Å². The third kappa shape index (κ3) is 4.03. The van der Waals surface area contributed by atoms with Crippen LogP contribution in [0.25, 0.3) is 0 Å². The average Bonchev–Trinajstić information content (AvgIpc) is 2.49. The van der Waals surface area contributed by atoms with Crippen molar-refractivity contribution in [3.8, 4) is 18.1 Å². The van der Waals surface area contributed by atoms with Crippen molar-refractivity contribution in [3.05, 3.63) is 59.1 Å². The van der Waals surface area contributed by atoms with Crippen LogP contribution in [0.2, 0.25) is 5.02 Å². The molecule has 0 heterocycles. The number of amides is 1. The Kier molecular flexibility index (Phi) is 4.75. The molecule has 0 bridgehead atoms. The number of terminal acetylenes is 1. The van der Waals surface area contributed by atoms with E-state index in [1.807, 2.05) is 0 Å². The van der Waals surface area contributed by atoms with Gasteiger partial charge in [-0.25, -0.2) is 0 Å². The van der Waals surface area contributed by atoms with Crippen LogP contribution in [-0.4, -0.2) is 11.5 Å². The molecule has 0 aliphatic carbocycles. The number of halogens is 1. The molecule has 0 aliphatic rings. The van der Waals surface area contributed by atoms with Crippen molar-refractivity contribution in [1.82, 2.24) is 0 Å². The molecular formula is C18H16ClNO2. The predicted molar refractivity (Wildman–Crippen MR) is 89.2 cm³/mol. The number of hydrogen-bond acceptors (Lipinski definition) is 2. The van der Waals surface area contributed by atoms with Gasteiger partial charge in [0.15, 0.2) is 5.60 Å². The van der Waals surface area contributed by atoms with E-state index in [1.54, 1.807) is 62.4 Å². The molecule has 22 heavy (non-hydrogen) atoms. The van der Waals surface area contributed by atoms with Gasteiger partial charge >= 0.3 is 0 Å². The maximum absolute atomic E-state index is 12.4. The van der Waals surface area contributed by atoms with E-state index in [1.165, 1.54) is 0 Å². The normalized spacial score (nSPS) is 10.6. The third-order valence-corrected chi connectivity index (χ3v) is 3.27. The highest BCUT2D eigenvalue weighted by molar-refractivity contribution is 6.30. The van der Waals surface area contributed by atoms with Crippen LogP contribution in [0.15, 0.2) is 48.5 Å². The summed E-state index contributed by atoms with van der Waals surface area (Å²) in [7, 11) is 0. The van der Waals surface area contributed by atoms with Crippen molar-refractivity contribution < 1.29 is 9.53 Å². The second kappa shape index (κ2) is 6.55. The predicted octanol–water partition coefficient (Wildman–Crippen LogP) is 4.12. The van der Waals surface area contributed by atoms with Crippen LogP contribution in [0.4, 0.5) is 5.69 Å². The molecule has 0 fully saturated rings. The highest BCUT2D eigenvalue weighted by atomic mass is 35.5. The number of ether oxygens (including phenoxy) is 1. The van der Waals surface area contributed by atoms with Gasteiger partial charge in [-0.15, -0.1) is 6.42 Å². The smallest absolute Gasteiger partial charge is 0.267 e. The van der Waals surface area contributed by atoms with Crippen LogP contribution < -0.4 is 10.1 Å². The first-order valence-electron chi connectivity index (χ1n) is 6.73. The number of rotatable bonds is 4. The van der Waals surface area contributed by atoms with Gasteiger partial charge in [0.1, 0.15) is 5.75 Å². The Bertz CT molecular complexity index is 715. The summed E-state index contributed by atoms with van der Waals surface area (Å²) in [5, 5.41) is 3.41. The molecule has 0 aromatic heterocycles. The fraction of sp³-hybridized carbons (Fsp3) is 0.167. The van der Waals surface area contributed by atoms with Crippen molar-refractivity contribution in [2.45, 2.75) is 19.4 Å². The molecule has 0 saturated carbocycles. The summed E-state index contributed by atoms with van der Waals surface area (Å²) in [4.78, 5) is 12.4. The van der Waals surface area contributed by atoms with E-state index < -0.39 is 5.60 Å². The van der Waals surface area contributed by atoms with E-state index in [-0.39, 0.29) is 5.91 Å². The zero-order chi connectivity index (χ0) is 16.2. The first-order valence-corrected chi connectivity index (χ1v) is 7.11. The Hall–Kier alpha value is -2.44. The number of anilines is 1. The average molecular weight is 314 g/mol. The highest BCUT2D eigenvalue weighted by Gasteiger charge is 2.30. The first-order chi connectivity index (χ1) is 10.4. The minimum absolute atomic E-state index is 0.267. The Labute approximate surface area is 135 Å². The number of carbonyl (C=O) groups is 1. The Morgan fingerprint density at radius 3 is 2.55 bits per heavy atom. The van der Waals surface area contributed by atoms with Gasteiger partial charge in [0.25, 0.3) is 5.91 Å². The van der Waals surface area contributed by atoms with Gasteiger partial charge in [0, 0.05) is 16.3 Å². The van der Waals surface area contributed by atoms with Gasteiger partial charge in [-0.05, 0) is 56.3 Å². The lowest BCUT2D eigenvalue weighted by Gasteiger charge is -2.25. The third-order valence-electron chi connectivity index (χ3n) is 3.02. The molecule has 1 amide bonds. The fourth-order valence-corrected chi connectivity index (χ4v) is 1.94. The maximum Gasteiger partial charge on any atom is 0.267 e. The van der Waals surface area contributed by atoms with Crippen LogP contribution in [0, 0.1) is 12.3 Å². The van der Waals surface area contributed by atoms with Crippen molar-refractivity contribution in [1.29, 1.82) is 0 Å². The summed E-state index contributed by atoms with van der Waals surface area (Å²) >= 11 is 5.83. The molecule has 0 atom stereocenters. The van der Waals surface area contributed by atoms with Crippen LogP contribution >= 0.6 is 11.6 Å². The Morgan fingerprint density at radius 1 is 1.23 bits per heavy atom. The topological polar surface area (TPSA) is 38.3 Å². The Morgan fingerprint density at radius 2 is 1.91 bits per heavy atom. The highest BCUT2D eigenvalue weighted by Crippen LogP contribution is 2.22. The van der Waals surface area contributed by atoms with Crippen LogP contribution in [-0.2, 0) is 4.79 Å². The number of hydrogen-bond donors (Lipinski definition) is 1. The second-order valence-corrected chi connectivity index (χ2v) is 5.68. The molecule has 2 rings (SSSR count). The summed E-state index contributed by atoms with van der Waals surface area (Å²) in [6.07, 6.45) is 5.35. The van der Waals surface area contributed by atoms with E-state index in [4.69, 9.17) is 22.8 Å². The van der Waals surface area contributed by atoms with Gasteiger partial charge in [-0.2, -0.15) is 0 Å². The molecular weight excluding hydrogens is 298 g/mol. The summed E-state index contributed by atoms with van der Waals surface area (Å²) in [5.41, 5.74) is 0.294. The van der Waals surface area contributed by atoms with Gasteiger partial charge in [0.05, 0.1) is 0 Å². The van der Waals surface area contributed by atoms with Crippen molar-refractivity contribution in [2.75, 3.05) is 5.32 Å². The molecule has 0 spiro atoms. The van der Waals surface area contributed by atoms with Crippen molar-refractivity contribution in [2.24, 2.45) is 0 Å². The minimum Gasteiger partial charge on any atom is -0.478 e. The summed E-state index contributed by atoms with van der Waals surface area (Å²) in [6.45, 7) is 3.39. The monoisotopic (exact) mass is 313 g/mol. The van der Waals surface area contributed by atoms with E-state index in [0.29, 0.717) is 22.0 Å². The summed E-state index contributed by atoms with van der Waals surface area (Å²) < 4.78 is 5.74. The molecule has 0 aliphatic heterocycles. The van der Waals surface area contributed by atoms with E-state index >= 15 is 0 Å². The number of carbonyl (C=O) groups excluding carboxylic acids is 1. The Balaban J connectivity index is 2.09. The molecule has 0 saturated heterocycles. The van der Waals surface area contributed by atoms with Gasteiger partial charge in [-0.3, -0.25) is 4.79 Å². The van der Waals surface area contributed by atoms with E-state index in [9.17, 15) is 4.79 Å². The molecule has 0 radical (unpaired) electrons. The quantitative estimate of drug-likeness (QED) is 0.862. The van der Waals surface area contributed by atoms with Crippen molar-refractivity contribution >= 4 is 23.2 Å². The molecule has 1 N–H and O–H groups in total. The number of benzene rings is 2. The largest absolute Gasteiger partial charge is 0.478 e. The van der Waals surface area contributed by atoms with Crippen LogP contribution in [0.1, 0.15) is 19.4 Å².